The topological polar surface area (TPSA) is 73.2 Å². The van der Waals surface area contributed by atoms with E-state index in [4.69, 9.17) is 4.74 Å². The molecule has 1 fully saturated rings. The Morgan fingerprint density at radius 1 is 1.13 bits per heavy atom. The Balaban J connectivity index is 1.53. The molecule has 31 heavy (non-hydrogen) atoms. The predicted molar refractivity (Wildman–Crippen MR) is 107 cm³/mol. The third kappa shape index (κ3) is 4.45. The third-order valence-electron chi connectivity index (χ3n) is 5.35. The zero-order valence-electron chi connectivity index (χ0n) is 16.3. The van der Waals surface area contributed by atoms with Crippen molar-refractivity contribution in [2.24, 2.45) is 5.92 Å². The standard InChI is InChI=1S/C21H20F3N3O3S/c22-16-4-2-14(3-5-16)17-6-8-25-12-15(17)13-30-20-10-19(24)21(11-18(20)23)31(28,29)27-9-1-7-26-27/h1-5,7,9-11,15,17,25H,6,8,12-13H2/t15-,17-/m1/s1. The molecule has 1 aromatic heterocycles. The van der Waals surface area contributed by atoms with E-state index in [0.717, 1.165) is 30.8 Å². The quantitative estimate of drug-likeness (QED) is 0.623. The molecule has 0 amide bonds. The lowest BCUT2D eigenvalue weighted by Crippen LogP contribution is -2.38. The van der Waals surface area contributed by atoms with Gasteiger partial charge in [0.15, 0.2) is 11.6 Å². The van der Waals surface area contributed by atoms with Crippen molar-refractivity contribution >= 4 is 10.0 Å². The van der Waals surface area contributed by atoms with Crippen molar-refractivity contribution in [1.82, 2.24) is 14.5 Å². The molecule has 1 aliphatic rings. The van der Waals surface area contributed by atoms with Crippen molar-refractivity contribution in [3.8, 4) is 5.75 Å². The molecule has 1 N–H and O–H groups in total. The maximum atomic E-state index is 14.6. The van der Waals surface area contributed by atoms with Gasteiger partial charge in [-0.05, 0) is 42.6 Å². The van der Waals surface area contributed by atoms with Crippen LogP contribution in [0.3, 0.4) is 0 Å². The van der Waals surface area contributed by atoms with Crippen LogP contribution in [0, 0.1) is 23.4 Å². The van der Waals surface area contributed by atoms with Gasteiger partial charge in [-0.15, -0.1) is 0 Å². The summed E-state index contributed by atoms with van der Waals surface area (Å²) in [6.45, 7) is 1.45. The van der Waals surface area contributed by atoms with E-state index in [-0.39, 0.29) is 30.0 Å². The molecule has 0 radical (unpaired) electrons. The number of hydrogen-bond donors (Lipinski definition) is 1. The molecular weight excluding hydrogens is 431 g/mol. The Labute approximate surface area is 177 Å². The summed E-state index contributed by atoms with van der Waals surface area (Å²) in [5.74, 6) is -2.82. The Bertz CT molecular complexity index is 1150. The van der Waals surface area contributed by atoms with Crippen LogP contribution in [0.15, 0.2) is 59.8 Å². The number of ether oxygens (including phenoxy) is 1. The first-order chi connectivity index (χ1) is 14.9. The maximum absolute atomic E-state index is 14.6. The van der Waals surface area contributed by atoms with Gasteiger partial charge in [-0.1, -0.05) is 12.1 Å². The molecule has 0 bridgehead atoms. The highest BCUT2D eigenvalue weighted by Gasteiger charge is 2.29. The Morgan fingerprint density at radius 2 is 1.90 bits per heavy atom. The maximum Gasteiger partial charge on any atom is 0.285 e. The van der Waals surface area contributed by atoms with Gasteiger partial charge in [-0.2, -0.15) is 17.6 Å². The third-order valence-corrected chi connectivity index (χ3v) is 6.93. The van der Waals surface area contributed by atoms with Gasteiger partial charge in [0.1, 0.15) is 16.5 Å². The van der Waals surface area contributed by atoms with Gasteiger partial charge in [0, 0.05) is 30.8 Å². The van der Waals surface area contributed by atoms with E-state index in [0.29, 0.717) is 16.7 Å². The van der Waals surface area contributed by atoms with Crippen LogP contribution >= 0.6 is 0 Å². The number of piperidine rings is 1. The van der Waals surface area contributed by atoms with E-state index in [1.807, 2.05) is 0 Å². The van der Waals surface area contributed by atoms with Crippen LogP contribution in [0.1, 0.15) is 17.9 Å². The van der Waals surface area contributed by atoms with Crippen LogP contribution in [0.2, 0.25) is 0 Å². The van der Waals surface area contributed by atoms with Crippen LogP contribution in [0.25, 0.3) is 0 Å². The summed E-state index contributed by atoms with van der Waals surface area (Å²) in [5, 5.41) is 6.82. The number of rotatable bonds is 6. The van der Waals surface area contributed by atoms with Crippen LogP contribution in [0.4, 0.5) is 13.2 Å². The summed E-state index contributed by atoms with van der Waals surface area (Å²) < 4.78 is 73.3. The molecule has 0 saturated carbocycles. The van der Waals surface area contributed by atoms with E-state index < -0.39 is 26.6 Å². The SMILES string of the molecule is O=S(=O)(c1cc(F)c(OC[C@H]2CNCC[C@@H]2c2ccc(F)cc2)cc1F)n1cccn1. The highest BCUT2D eigenvalue weighted by molar-refractivity contribution is 7.89. The van der Waals surface area contributed by atoms with Crippen LogP contribution in [0.5, 0.6) is 5.75 Å². The van der Waals surface area contributed by atoms with Gasteiger partial charge in [0.25, 0.3) is 10.0 Å². The number of halogens is 3. The van der Waals surface area contributed by atoms with Gasteiger partial charge < -0.3 is 10.1 Å². The average molecular weight is 451 g/mol. The minimum absolute atomic E-state index is 0.0610. The fourth-order valence-electron chi connectivity index (χ4n) is 3.76. The van der Waals surface area contributed by atoms with Crippen molar-refractivity contribution in [2.75, 3.05) is 19.7 Å². The first-order valence-electron chi connectivity index (χ1n) is 9.69. The van der Waals surface area contributed by atoms with Crippen LogP contribution in [-0.4, -0.2) is 37.3 Å². The Kier molecular flexibility index (Phi) is 6.01. The van der Waals surface area contributed by atoms with Crippen molar-refractivity contribution in [3.63, 3.8) is 0 Å². The second kappa shape index (κ2) is 8.72. The molecule has 0 aliphatic carbocycles. The van der Waals surface area contributed by atoms with E-state index >= 15 is 0 Å². The molecule has 3 aromatic rings. The summed E-state index contributed by atoms with van der Waals surface area (Å²) in [5.41, 5.74) is 0.948. The van der Waals surface area contributed by atoms with Gasteiger partial charge >= 0.3 is 0 Å². The number of benzene rings is 2. The molecular formula is C21H20F3N3O3S. The molecule has 2 heterocycles. The predicted octanol–water partition coefficient (Wildman–Crippen LogP) is 3.31. The zero-order valence-corrected chi connectivity index (χ0v) is 17.2. The first kappa shape index (κ1) is 21.4. The average Bonchev–Trinajstić information content (AvgIpc) is 3.31. The lowest BCUT2D eigenvalue weighted by atomic mass is 9.81. The van der Waals surface area contributed by atoms with Crippen molar-refractivity contribution in [1.29, 1.82) is 0 Å². The molecule has 2 aromatic carbocycles. The highest BCUT2D eigenvalue weighted by atomic mass is 32.2. The van der Waals surface area contributed by atoms with Gasteiger partial charge in [0.05, 0.1) is 12.8 Å². The van der Waals surface area contributed by atoms with Gasteiger partial charge in [-0.25, -0.2) is 13.2 Å². The minimum Gasteiger partial charge on any atom is -0.490 e. The van der Waals surface area contributed by atoms with E-state index in [2.05, 4.69) is 10.4 Å². The fraction of sp³-hybridized carbons (Fsp3) is 0.286. The van der Waals surface area contributed by atoms with Crippen molar-refractivity contribution in [2.45, 2.75) is 17.2 Å². The monoisotopic (exact) mass is 451 g/mol. The summed E-state index contributed by atoms with van der Waals surface area (Å²) >= 11 is 0. The number of aromatic nitrogens is 2. The number of hydrogen-bond acceptors (Lipinski definition) is 5. The second-order valence-corrected chi connectivity index (χ2v) is 9.08. The second-order valence-electron chi connectivity index (χ2n) is 7.32. The largest absolute Gasteiger partial charge is 0.490 e. The summed E-state index contributed by atoms with van der Waals surface area (Å²) in [6.07, 6.45) is 3.14. The summed E-state index contributed by atoms with van der Waals surface area (Å²) in [7, 11) is -4.35. The van der Waals surface area contributed by atoms with Crippen molar-refractivity contribution < 1.29 is 26.3 Å². The Morgan fingerprint density at radius 3 is 2.61 bits per heavy atom. The molecule has 6 nitrogen and oxygen atoms in total. The smallest absolute Gasteiger partial charge is 0.285 e. The molecule has 0 spiro atoms. The number of nitrogens with zero attached hydrogens (tertiary/aromatic N) is 2. The zero-order chi connectivity index (χ0) is 22.0. The highest BCUT2D eigenvalue weighted by Crippen LogP contribution is 2.32. The van der Waals surface area contributed by atoms with Crippen LogP contribution < -0.4 is 10.1 Å². The van der Waals surface area contributed by atoms with Gasteiger partial charge in [-0.3, -0.25) is 0 Å². The van der Waals surface area contributed by atoms with E-state index in [1.165, 1.54) is 24.4 Å². The Hall–Kier alpha value is -2.85. The molecule has 10 heteroatoms. The molecule has 4 rings (SSSR count). The fourth-order valence-corrected chi connectivity index (χ4v) is 4.93. The van der Waals surface area contributed by atoms with Crippen molar-refractivity contribution in [3.05, 3.63) is 77.9 Å². The molecule has 2 atom stereocenters. The summed E-state index contributed by atoms with van der Waals surface area (Å²) in [6, 6.07) is 8.90. The lowest BCUT2D eigenvalue weighted by Gasteiger charge is -2.32. The van der Waals surface area contributed by atoms with E-state index in [1.54, 1.807) is 12.1 Å². The van der Waals surface area contributed by atoms with Crippen LogP contribution in [-0.2, 0) is 10.0 Å². The minimum atomic E-state index is -4.35. The molecule has 164 valence electrons. The lowest BCUT2D eigenvalue weighted by molar-refractivity contribution is 0.190. The summed E-state index contributed by atoms with van der Waals surface area (Å²) in [4.78, 5) is -0.829. The van der Waals surface area contributed by atoms with Gasteiger partial charge in [0.2, 0.25) is 0 Å². The molecule has 1 saturated heterocycles. The normalized spacial score (nSPS) is 19.3. The number of nitrogens with one attached hydrogen (secondary N) is 1. The molecule has 0 unspecified atom stereocenters. The van der Waals surface area contributed by atoms with E-state index in [9.17, 15) is 21.6 Å². The first-order valence-corrected chi connectivity index (χ1v) is 11.1. The molecule has 1 aliphatic heterocycles.